The molecule has 198 valence electrons. The van der Waals surface area contributed by atoms with Crippen LogP contribution in [0.1, 0.15) is 26.3 Å². The zero-order chi connectivity index (χ0) is 27.0. The zero-order valence-electron chi connectivity index (χ0n) is 20.5. The van der Waals surface area contributed by atoms with Crippen LogP contribution in [0.2, 0.25) is 10.0 Å². The number of carbonyl (C=O) groups excluding carboxylic acids is 2. The molecule has 2 aromatic carbocycles. The summed E-state index contributed by atoms with van der Waals surface area (Å²) in [7, 11) is -3.26. The van der Waals surface area contributed by atoms with Crippen molar-refractivity contribution in [3.05, 3.63) is 64.1 Å². The Hall–Kier alpha value is -2.27. The van der Waals surface area contributed by atoms with E-state index in [1.54, 1.807) is 43.9 Å². The minimum Gasteiger partial charge on any atom is -0.444 e. The summed E-state index contributed by atoms with van der Waals surface area (Å²) in [5, 5.41) is 3.39. The van der Waals surface area contributed by atoms with Crippen molar-refractivity contribution in [3.63, 3.8) is 0 Å². The maximum atomic E-state index is 13.5. The van der Waals surface area contributed by atoms with Gasteiger partial charge in [-0.2, -0.15) is 4.99 Å². The van der Waals surface area contributed by atoms with Gasteiger partial charge in [0.25, 0.3) is 5.91 Å². The molecule has 0 bridgehead atoms. The van der Waals surface area contributed by atoms with Crippen molar-refractivity contribution < 1.29 is 22.7 Å². The second-order valence-electron chi connectivity index (χ2n) is 9.89. The Labute approximate surface area is 230 Å². The van der Waals surface area contributed by atoms with Crippen LogP contribution in [0.5, 0.6) is 0 Å². The maximum Gasteiger partial charge on any atom is 0.408 e. The number of carbonyl (C=O) groups is 2. The van der Waals surface area contributed by atoms with Crippen molar-refractivity contribution in [1.29, 1.82) is 0 Å². The smallest absolute Gasteiger partial charge is 0.408 e. The summed E-state index contributed by atoms with van der Waals surface area (Å²) in [6, 6.07) is 12.6. The highest BCUT2D eigenvalue weighted by Crippen LogP contribution is 2.43. The second kappa shape index (κ2) is 10.8. The lowest BCUT2D eigenvalue weighted by atomic mass is 10.1. The number of sulfone groups is 1. The van der Waals surface area contributed by atoms with Crippen LogP contribution < -0.4 is 10.2 Å². The summed E-state index contributed by atoms with van der Waals surface area (Å²) in [6.07, 6.45) is -0.543. The van der Waals surface area contributed by atoms with Gasteiger partial charge in [0.05, 0.1) is 28.3 Å². The molecule has 2 saturated heterocycles. The van der Waals surface area contributed by atoms with E-state index < -0.39 is 39.5 Å². The SMILES string of the molecule is CC(C)(C)OC(=O)N[C@H](Cc1ccccc1)C(=O)N=C1S[C@H]2CS(=O)(=O)C[C@@H]2N1c1cc(Cl)ccc1Cl. The van der Waals surface area contributed by atoms with Crippen LogP contribution in [0, 0.1) is 0 Å². The summed E-state index contributed by atoms with van der Waals surface area (Å²) >= 11 is 13.9. The van der Waals surface area contributed by atoms with E-state index in [0.29, 0.717) is 20.9 Å². The van der Waals surface area contributed by atoms with E-state index in [1.807, 2.05) is 30.3 Å². The minimum absolute atomic E-state index is 0.0339. The molecule has 12 heteroatoms. The van der Waals surface area contributed by atoms with Crippen molar-refractivity contribution >= 4 is 67.7 Å². The van der Waals surface area contributed by atoms with E-state index in [2.05, 4.69) is 10.3 Å². The number of alkyl carbamates (subject to hydrolysis) is 1. The summed E-state index contributed by atoms with van der Waals surface area (Å²) in [4.78, 5) is 32.1. The van der Waals surface area contributed by atoms with Crippen molar-refractivity contribution in [2.45, 2.75) is 50.1 Å². The number of aliphatic imine (C=N–C) groups is 1. The number of amides is 2. The third-order valence-corrected chi connectivity index (χ3v) is 9.48. The number of thioether (sulfide) groups is 1. The van der Waals surface area contributed by atoms with Crippen molar-refractivity contribution in [3.8, 4) is 0 Å². The molecule has 0 aromatic heterocycles. The molecular formula is C25H27Cl2N3O5S2. The van der Waals surface area contributed by atoms with E-state index in [0.717, 1.165) is 5.56 Å². The Balaban J connectivity index is 1.68. The number of fused-ring (bicyclic) bond motifs is 1. The fourth-order valence-electron chi connectivity index (χ4n) is 4.19. The predicted molar refractivity (Wildman–Crippen MR) is 149 cm³/mol. The minimum atomic E-state index is -3.26. The summed E-state index contributed by atoms with van der Waals surface area (Å²) < 4.78 is 30.1. The quantitative estimate of drug-likeness (QED) is 0.542. The van der Waals surface area contributed by atoms with Crippen LogP contribution in [-0.2, 0) is 25.8 Å². The molecule has 0 unspecified atom stereocenters. The summed E-state index contributed by atoms with van der Waals surface area (Å²) in [5.41, 5.74) is 0.548. The standard InChI is InChI=1S/C25H27Cl2N3O5S2/c1-25(2,3)35-24(32)28-18(11-15-7-5-4-6-8-15)22(31)29-23-30(19-12-16(26)9-10-17(19)27)20-13-37(33,34)14-21(20)36-23/h4-10,12,18,20-21H,11,13-14H2,1-3H3,(H,28,32)/t18-,20+,21+/m1/s1. The number of hydrogen-bond acceptors (Lipinski definition) is 6. The number of ether oxygens (including phenoxy) is 1. The van der Waals surface area contributed by atoms with Crippen LogP contribution in [0.3, 0.4) is 0 Å². The van der Waals surface area contributed by atoms with Crippen molar-refractivity contribution in [2.24, 2.45) is 4.99 Å². The number of amidine groups is 1. The maximum absolute atomic E-state index is 13.5. The average molecular weight is 585 g/mol. The number of anilines is 1. The fraction of sp³-hybridized carbons (Fsp3) is 0.400. The third kappa shape index (κ3) is 6.98. The number of nitrogens with one attached hydrogen (secondary N) is 1. The highest BCUT2D eigenvalue weighted by molar-refractivity contribution is 8.16. The monoisotopic (exact) mass is 583 g/mol. The Bertz CT molecular complexity index is 1330. The molecule has 0 radical (unpaired) electrons. The van der Waals surface area contributed by atoms with Gasteiger partial charge >= 0.3 is 6.09 Å². The van der Waals surface area contributed by atoms with Crippen LogP contribution in [0.15, 0.2) is 53.5 Å². The zero-order valence-corrected chi connectivity index (χ0v) is 23.6. The first-order chi connectivity index (χ1) is 17.3. The van der Waals surface area contributed by atoms with Gasteiger partial charge in [0, 0.05) is 16.7 Å². The van der Waals surface area contributed by atoms with E-state index in [-0.39, 0.29) is 23.2 Å². The fourth-order valence-corrected chi connectivity index (χ4v) is 8.48. The van der Waals surface area contributed by atoms with E-state index in [4.69, 9.17) is 27.9 Å². The molecule has 2 aromatic rings. The van der Waals surface area contributed by atoms with Crippen LogP contribution >= 0.6 is 35.0 Å². The molecule has 2 aliphatic rings. The van der Waals surface area contributed by atoms with Gasteiger partial charge in [0.2, 0.25) is 0 Å². The molecule has 0 spiro atoms. The molecule has 3 atom stereocenters. The Morgan fingerprint density at radius 3 is 2.54 bits per heavy atom. The lowest BCUT2D eigenvalue weighted by Gasteiger charge is -2.26. The molecule has 0 saturated carbocycles. The summed E-state index contributed by atoms with van der Waals surface area (Å²) in [6.45, 7) is 5.19. The van der Waals surface area contributed by atoms with Gasteiger partial charge in [-0.05, 0) is 44.5 Å². The molecule has 8 nitrogen and oxygen atoms in total. The molecule has 2 amide bonds. The van der Waals surface area contributed by atoms with Crippen molar-refractivity contribution in [1.82, 2.24) is 5.32 Å². The van der Waals surface area contributed by atoms with Crippen LogP contribution in [0.25, 0.3) is 0 Å². The van der Waals surface area contributed by atoms with Gasteiger partial charge in [-0.25, -0.2) is 13.2 Å². The first-order valence-electron chi connectivity index (χ1n) is 11.6. The van der Waals surface area contributed by atoms with Crippen LogP contribution in [-0.4, -0.2) is 60.0 Å². The number of nitrogens with zero attached hydrogens (tertiary/aromatic N) is 2. The Morgan fingerprint density at radius 1 is 1.16 bits per heavy atom. The van der Waals surface area contributed by atoms with E-state index >= 15 is 0 Å². The van der Waals surface area contributed by atoms with Gasteiger partial charge in [-0.15, -0.1) is 0 Å². The van der Waals surface area contributed by atoms with Gasteiger partial charge in [0.15, 0.2) is 15.0 Å². The molecule has 1 N–H and O–H groups in total. The predicted octanol–water partition coefficient (Wildman–Crippen LogP) is 4.73. The number of halogens is 2. The second-order valence-corrected chi connectivity index (χ2v) is 14.1. The first-order valence-corrected chi connectivity index (χ1v) is 15.0. The first kappa shape index (κ1) is 27.8. The average Bonchev–Trinajstić information content (AvgIpc) is 3.25. The lowest BCUT2D eigenvalue weighted by molar-refractivity contribution is -0.119. The number of benzene rings is 2. The number of hydrogen-bond donors (Lipinski definition) is 1. The Morgan fingerprint density at radius 2 is 1.86 bits per heavy atom. The highest BCUT2D eigenvalue weighted by atomic mass is 35.5. The van der Waals surface area contributed by atoms with Gasteiger partial charge in [-0.1, -0.05) is 65.3 Å². The highest BCUT2D eigenvalue weighted by Gasteiger charge is 2.50. The lowest BCUT2D eigenvalue weighted by Crippen LogP contribution is -2.45. The van der Waals surface area contributed by atoms with Crippen LogP contribution in [0.4, 0.5) is 10.5 Å². The third-order valence-electron chi connectivity index (χ3n) is 5.71. The van der Waals surface area contributed by atoms with Gasteiger partial charge < -0.3 is 15.0 Å². The van der Waals surface area contributed by atoms with Crippen molar-refractivity contribution in [2.75, 3.05) is 16.4 Å². The molecule has 0 aliphatic carbocycles. The number of rotatable bonds is 5. The summed E-state index contributed by atoms with van der Waals surface area (Å²) in [5.74, 6) is -0.721. The van der Waals surface area contributed by atoms with Gasteiger partial charge in [0.1, 0.15) is 11.6 Å². The molecular weight excluding hydrogens is 557 g/mol. The topological polar surface area (TPSA) is 105 Å². The normalized spacial score (nSPS) is 22.5. The molecule has 2 fully saturated rings. The van der Waals surface area contributed by atoms with Gasteiger partial charge in [-0.3, -0.25) is 4.79 Å². The molecule has 37 heavy (non-hydrogen) atoms. The van der Waals surface area contributed by atoms with E-state index in [1.165, 1.54) is 11.8 Å². The van der Waals surface area contributed by atoms with E-state index in [9.17, 15) is 18.0 Å². The largest absolute Gasteiger partial charge is 0.444 e. The molecule has 4 rings (SSSR count). The molecule has 2 aliphatic heterocycles. The Kier molecular flexibility index (Phi) is 8.13. The molecule has 2 heterocycles.